The van der Waals surface area contributed by atoms with Crippen molar-refractivity contribution in [3.8, 4) is 0 Å². The number of rotatable bonds is 1. The van der Waals surface area contributed by atoms with Crippen molar-refractivity contribution in [1.82, 2.24) is 19.6 Å². The van der Waals surface area contributed by atoms with Crippen molar-refractivity contribution in [2.24, 2.45) is 4.99 Å². The molecule has 0 N–H and O–H groups in total. The summed E-state index contributed by atoms with van der Waals surface area (Å²) in [6.07, 6.45) is 0.171. The lowest BCUT2D eigenvalue weighted by molar-refractivity contribution is 0.193. The summed E-state index contributed by atoms with van der Waals surface area (Å²) >= 11 is 0. The fraction of sp³-hybridized carbons (Fsp3) is 0.900. The van der Waals surface area contributed by atoms with E-state index >= 15 is 0 Å². The van der Waals surface area contributed by atoms with Gasteiger partial charge in [-0.05, 0) is 14.1 Å². The molecule has 0 atom stereocenters. The van der Waals surface area contributed by atoms with Crippen molar-refractivity contribution < 1.29 is 0 Å². The third-order valence-electron chi connectivity index (χ3n) is 2.62. The molecule has 0 aromatic carbocycles. The van der Waals surface area contributed by atoms with Crippen LogP contribution in [0.5, 0.6) is 0 Å². The van der Waals surface area contributed by atoms with Crippen molar-refractivity contribution >= 4 is 5.96 Å². The van der Waals surface area contributed by atoms with Gasteiger partial charge in [0, 0.05) is 41.3 Å². The summed E-state index contributed by atoms with van der Waals surface area (Å²) < 4.78 is 0. The van der Waals surface area contributed by atoms with E-state index in [1.54, 1.807) is 0 Å². The molecule has 0 unspecified atom stereocenters. The van der Waals surface area contributed by atoms with Gasteiger partial charge in [-0.1, -0.05) is 0 Å². The highest BCUT2D eigenvalue weighted by Crippen LogP contribution is 2.11. The summed E-state index contributed by atoms with van der Waals surface area (Å²) in [6, 6.07) is 0. The molecule has 0 aromatic heterocycles. The van der Waals surface area contributed by atoms with Gasteiger partial charge in [0.25, 0.3) is 0 Å². The molecular weight excluding hydrogens is 190 g/mol. The molecule has 1 saturated heterocycles. The highest BCUT2D eigenvalue weighted by atomic mass is 15.5. The Bertz CT molecular complexity index is 216. The SMILES string of the molecule is CN(C)C(=NC1N(C)CCN1C)N(C)C. The Morgan fingerprint density at radius 2 is 1.40 bits per heavy atom. The Morgan fingerprint density at radius 1 is 1.00 bits per heavy atom. The average Bonchev–Trinajstić information content (AvgIpc) is 2.42. The van der Waals surface area contributed by atoms with Crippen LogP contribution >= 0.6 is 0 Å². The molecule has 0 aromatic rings. The van der Waals surface area contributed by atoms with Gasteiger partial charge in [0.2, 0.25) is 0 Å². The van der Waals surface area contributed by atoms with Gasteiger partial charge in [-0.2, -0.15) is 0 Å². The van der Waals surface area contributed by atoms with Gasteiger partial charge in [-0.3, -0.25) is 9.80 Å². The minimum atomic E-state index is 0.171. The topological polar surface area (TPSA) is 25.3 Å². The van der Waals surface area contributed by atoms with E-state index in [2.05, 4.69) is 23.9 Å². The number of guanidine groups is 1. The molecule has 1 rings (SSSR count). The molecule has 88 valence electrons. The van der Waals surface area contributed by atoms with Gasteiger partial charge < -0.3 is 9.80 Å². The van der Waals surface area contributed by atoms with Crippen LogP contribution in [0.25, 0.3) is 0 Å². The summed E-state index contributed by atoms with van der Waals surface area (Å²) in [6.45, 7) is 2.16. The smallest absolute Gasteiger partial charge is 0.198 e. The lowest BCUT2D eigenvalue weighted by Gasteiger charge is -2.27. The summed E-state index contributed by atoms with van der Waals surface area (Å²) in [7, 11) is 12.3. The lowest BCUT2D eigenvalue weighted by atomic mass is 10.6. The molecule has 0 bridgehead atoms. The number of hydrogen-bond acceptors (Lipinski definition) is 3. The highest BCUT2D eigenvalue weighted by Gasteiger charge is 2.26. The van der Waals surface area contributed by atoms with E-state index in [1.807, 2.05) is 38.0 Å². The number of aliphatic imine (C=N–C) groups is 1. The molecule has 1 heterocycles. The first kappa shape index (κ1) is 12.3. The Kier molecular flexibility index (Phi) is 3.93. The van der Waals surface area contributed by atoms with Crippen molar-refractivity contribution in [3.05, 3.63) is 0 Å². The van der Waals surface area contributed by atoms with Crippen LogP contribution in [0.2, 0.25) is 0 Å². The first-order chi connectivity index (χ1) is 6.93. The van der Waals surface area contributed by atoms with E-state index in [-0.39, 0.29) is 6.29 Å². The van der Waals surface area contributed by atoms with E-state index < -0.39 is 0 Å². The zero-order chi connectivity index (χ0) is 11.6. The average molecular weight is 213 g/mol. The molecule has 15 heavy (non-hydrogen) atoms. The van der Waals surface area contributed by atoms with Gasteiger partial charge in [0.15, 0.2) is 12.2 Å². The van der Waals surface area contributed by atoms with Gasteiger partial charge in [-0.15, -0.1) is 0 Å². The maximum absolute atomic E-state index is 4.76. The van der Waals surface area contributed by atoms with Crippen LogP contribution in [0, 0.1) is 0 Å². The Morgan fingerprint density at radius 3 is 1.73 bits per heavy atom. The van der Waals surface area contributed by atoms with Crippen LogP contribution in [0.4, 0.5) is 0 Å². The highest BCUT2D eigenvalue weighted by molar-refractivity contribution is 5.79. The normalized spacial score (nSPS) is 19.3. The maximum Gasteiger partial charge on any atom is 0.198 e. The molecule has 0 spiro atoms. The van der Waals surface area contributed by atoms with Crippen molar-refractivity contribution in [3.63, 3.8) is 0 Å². The lowest BCUT2D eigenvalue weighted by Crippen LogP contribution is -2.41. The van der Waals surface area contributed by atoms with Crippen molar-refractivity contribution in [2.75, 3.05) is 55.4 Å². The van der Waals surface area contributed by atoms with E-state index in [4.69, 9.17) is 4.99 Å². The monoisotopic (exact) mass is 213 g/mol. The van der Waals surface area contributed by atoms with Crippen LogP contribution in [0.1, 0.15) is 0 Å². The largest absolute Gasteiger partial charge is 0.349 e. The van der Waals surface area contributed by atoms with E-state index in [1.165, 1.54) is 0 Å². The fourth-order valence-corrected chi connectivity index (χ4v) is 1.81. The Hall–Kier alpha value is -0.810. The molecule has 0 aliphatic carbocycles. The molecule has 0 radical (unpaired) electrons. The molecule has 1 aliphatic heterocycles. The number of nitrogens with zero attached hydrogens (tertiary/aromatic N) is 5. The first-order valence-corrected chi connectivity index (χ1v) is 5.26. The van der Waals surface area contributed by atoms with E-state index in [0.29, 0.717) is 0 Å². The molecule has 1 fully saturated rings. The standard InChI is InChI=1S/C10H23N5/c1-12(2)9(13(3)4)11-10-14(5)7-8-15(10)6/h10H,7-8H2,1-6H3. The van der Waals surface area contributed by atoms with Gasteiger partial charge >= 0.3 is 0 Å². The first-order valence-electron chi connectivity index (χ1n) is 5.26. The zero-order valence-electron chi connectivity index (χ0n) is 10.7. The Balaban J connectivity index is 2.82. The van der Waals surface area contributed by atoms with Crippen LogP contribution in [0.15, 0.2) is 4.99 Å². The second kappa shape index (κ2) is 4.81. The number of hydrogen-bond donors (Lipinski definition) is 0. The quantitative estimate of drug-likeness (QED) is 0.438. The third-order valence-corrected chi connectivity index (χ3v) is 2.62. The summed E-state index contributed by atoms with van der Waals surface area (Å²) in [5.74, 6) is 1.00. The zero-order valence-corrected chi connectivity index (χ0v) is 10.7. The fourth-order valence-electron chi connectivity index (χ4n) is 1.81. The summed E-state index contributed by atoms with van der Waals surface area (Å²) in [5.41, 5.74) is 0. The van der Waals surface area contributed by atoms with Crippen molar-refractivity contribution in [1.29, 1.82) is 0 Å². The molecule has 1 aliphatic rings. The molecule has 5 heteroatoms. The predicted molar refractivity (Wildman–Crippen MR) is 63.9 cm³/mol. The summed E-state index contributed by atoms with van der Waals surface area (Å²) in [5, 5.41) is 0. The van der Waals surface area contributed by atoms with Crippen LogP contribution in [-0.4, -0.2) is 87.2 Å². The van der Waals surface area contributed by atoms with Gasteiger partial charge in [0.1, 0.15) is 0 Å². The maximum atomic E-state index is 4.76. The number of likely N-dealkylation sites (N-methyl/N-ethyl adjacent to an activating group) is 2. The molecule has 0 saturated carbocycles. The van der Waals surface area contributed by atoms with Crippen LogP contribution in [0.3, 0.4) is 0 Å². The van der Waals surface area contributed by atoms with Crippen molar-refractivity contribution in [2.45, 2.75) is 6.29 Å². The van der Waals surface area contributed by atoms with E-state index in [0.717, 1.165) is 19.0 Å². The minimum absolute atomic E-state index is 0.171. The molecular formula is C10H23N5. The Labute approximate surface area is 93.0 Å². The molecule has 0 amide bonds. The second-order valence-electron chi connectivity index (χ2n) is 4.53. The van der Waals surface area contributed by atoms with Crippen LogP contribution < -0.4 is 0 Å². The second-order valence-corrected chi connectivity index (χ2v) is 4.53. The summed E-state index contributed by atoms with van der Waals surface area (Å²) in [4.78, 5) is 13.4. The van der Waals surface area contributed by atoms with Crippen LogP contribution in [-0.2, 0) is 0 Å². The third kappa shape index (κ3) is 2.82. The van der Waals surface area contributed by atoms with Gasteiger partial charge in [-0.25, -0.2) is 4.99 Å². The van der Waals surface area contributed by atoms with Gasteiger partial charge in [0.05, 0.1) is 0 Å². The predicted octanol–water partition coefficient (Wildman–Crippen LogP) is -0.374. The van der Waals surface area contributed by atoms with E-state index in [9.17, 15) is 0 Å². The molecule has 5 nitrogen and oxygen atoms in total. The minimum Gasteiger partial charge on any atom is -0.349 e.